The van der Waals surface area contributed by atoms with E-state index in [4.69, 9.17) is 0 Å². The number of sulfonamides is 1. The summed E-state index contributed by atoms with van der Waals surface area (Å²) in [5.41, 5.74) is 2.51. The highest BCUT2D eigenvalue weighted by molar-refractivity contribution is 7.92. The molecule has 0 radical (unpaired) electrons. The molecule has 4 aromatic rings. The highest BCUT2D eigenvalue weighted by Crippen LogP contribution is 2.35. The predicted octanol–water partition coefficient (Wildman–Crippen LogP) is 4.09. The number of carbonyl (C=O) groups is 1. The first-order chi connectivity index (χ1) is 15.7. The molecular formula is C23H21N3O4S3. The molecule has 1 aliphatic heterocycles. The van der Waals surface area contributed by atoms with Crippen LogP contribution in [0.5, 0.6) is 0 Å². The van der Waals surface area contributed by atoms with Gasteiger partial charge in [-0.3, -0.25) is 18.5 Å². The molecule has 0 amide bonds. The van der Waals surface area contributed by atoms with Gasteiger partial charge in [0, 0.05) is 32.8 Å². The van der Waals surface area contributed by atoms with E-state index in [1.54, 1.807) is 29.5 Å². The standard InChI is InChI=1S/C23H21N3O4S3/c1-14-5-8-20(32-14)17-12-31-22-21(17)23(28)25(13-24-22)11-19(27)16-6-7-18-15(10-16)4-3-9-26(18)33(2,29)30/h5-8,10,12-13H,3-4,9,11H2,1-2H3. The van der Waals surface area contributed by atoms with Crippen LogP contribution >= 0.6 is 22.7 Å². The highest BCUT2D eigenvalue weighted by atomic mass is 32.2. The Morgan fingerprint density at radius 2 is 2.03 bits per heavy atom. The fourth-order valence-electron chi connectivity index (χ4n) is 4.17. The number of rotatable bonds is 5. The topological polar surface area (TPSA) is 89.3 Å². The van der Waals surface area contributed by atoms with Gasteiger partial charge < -0.3 is 0 Å². The van der Waals surface area contributed by atoms with Crippen LogP contribution in [0.2, 0.25) is 0 Å². The molecule has 170 valence electrons. The molecule has 0 N–H and O–H groups in total. The van der Waals surface area contributed by atoms with Gasteiger partial charge in [0.15, 0.2) is 5.78 Å². The smallest absolute Gasteiger partial charge is 0.263 e. The van der Waals surface area contributed by atoms with Crippen molar-refractivity contribution in [3.05, 3.63) is 68.4 Å². The molecule has 4 heterocycles. The fourth-order valence-corrected chi connectivity index (χ4v) is 7.03. The number of hydrogen-bond acceptors (Lipinski definition) is 7. The summed E-state index contributed by atoms with van der Waals surface area (Å²) in [4.78, 5) is 33.5. The average molecular weight is 500 g/mol. The maximum absolute atomic E-state index is 13.3. The van der Waals surface area contributed by atoms with Crippen LogP contribution in [0.25, 0.3) is 20.7 Å². The molecule has 33 heavy (non-hydrogen) atoms. The summed E-state index contributed by atoms with van der Waals surface area (Å²) in [6, 6.07) is 9.07. The Morgan fingerprint density at radius 3 is 2.76 bits per heavy atom. The second kappa shape index (κ2) is 8.19. The van der Waals surface area contributed by atoms with E-state index in [-0.39, 0.29) is 17.9 Å². The van der Waals surface area contributed by atoms with E-state index >= 15 is 0 Å². The summed E-state index contributed by atoms with van der Waals surface area (Å²) in [5.74, 6) is -0.221. The van der Waals surface area contributed by atoms with Gasteiger partial charge in [0.1, 0.15) is 4.83 Å². The maximum atomic E-state index is 13.3. The van der Waals surface area contributed by atoms with E-state index in [1.165, 1.54) is 32.8 Å². The second-order valence-electron chi connectivity index (χ2n) is 8.12. The van der Waals surface area contributed by atoms with Crippen LogP contribution in [-0.2, 0) is 23.0 Å². The Balaban J connectivity index is 1.48. The number of fused-ring (bicyclic) bond motifs is 2. The van der Waals surface area contributed by atoms with Gasteiger partial charge in [-0.15, -0.1) is 22.7 Å². The predicted molar refractivity (Wildman–Crippen MR) is 133 cm³/mol. The first kappa shape index (κ1) is 22.0. The largest absolute Gasteiger partial charge is 0.292 e. The van der Waals surface area contributed by atoms with E-state index in [9.17, 15) is 18.0 Å². The SMILES string of the molecule is Cc1ccc(-c2csc3ncn(CC(=O)c4ccc5c(c4)CCCN5S(C)(=O)=O)c(=O)c23)s1. The number of nitrogens with zero attached hydrogens (tertiary/aromatic N) is 3. The van der Waals surface area contributed by atoms with Gasteiger partial charge in [-0.1, -0.05) is 0 Å². The molecule has 0 saturated heterocycles. The van der Waals surface area contributed by atoms with Crippen molar-refractivity contribution in [3.8, 4) is 10.4 Å². The van der Waals surface area contributed by atoms with Gasteiger partial charge in [0.25, 0.3) is 5.56 Å². The zero-order valence-corrected chi connectivity index (χ0v) is 20.5. The number of Topliss-reactive ketones (excluding diaryl/α,β-unsaturated/α-hetero) is 1. The van der Waals surface area contributed by atoms with Gasteiger partial charge in [0.2, 0.25) is 10.0 Å². The van der Waals surface area contributed by atoms with E-state index in [0.29, 0.717) is 40.9 Å². The molecule has 0 spiro atoms. The number of thiophene rings is 2. The minimum atomic E-state index is -3.37. The first-order valence-corrected chi connectivity index (χ1v) is 13.9. The summed E-state index contributed by atoms with van der Waals surface area (Å²) in [6.07, 6.45) is 4.01. The molecule has 0 saturated carbocycles. The van der Waals surface area contributed by atoms with E-state index in [1.807, 2.05) is 24.4 Å². The Labute approximate surface area is 199 Å². The monoisotopic (exact) mass is 499 g/mol. The highest BCUT2D eigenvalue weighted by Gasteiger charge is 2.25. The van der Waals surface area contributed by atoms with Crippen LogP contribution in [0.3, 0.4) is 0 Å². The molecule has 1 aromatic carbocycles. The van der Waals surface area contributed by atoms with Gasteiger partial charge >= 0.3 is 0 Å². The van der Waals surface area contributed by atoms with Crippen molar-refractivity contribution in [2.75, 3.05) is 17.1 Å². The second-order valence-corrected chi connectivity index (χ2v) is 12.2. The van der Waals surface area contributed by atoms with Gasteiger partial charge in [0.05, 0.1) is 30.2 Å². The van der Waals surface area contributed by atoms with Crippen LogP contribution in [0, 0.1) is 6.92 Å². The van der Waals surface area contributed by atoms with Crippen LogP contribution in [-0.4, -0.2) is 36.6 Å². The lowest BCUT2D eigenvalue weighted by Gasteiger charge is -2.29. The van der Waals surface area contributed by atoms with Crippen molar-refractivity contribution in [3.63, 3.8) is 0 Å². The third-order valence-electron chi connectivity index (χ3n) is 5.76. The minimum Gasteiger partial charge on any atom is -0.292 e. The number of anilines is 1. The minimum absolute atomic E-state index is 0.130. The molecule has 7 nitrogen and oxygen atoms in total. The number of hydrogen-bond donors (Lipinski definition) is 0. The fraction of sp³-hybridized carbons (Fsp3) is 0.261. The van der Waals surface area contributed by atoms with Crippen molar-refractivity contribution in [2.45, 2.75) is 26.3 Å². The summed E-state index contributed by atoms with van der Waals surface area (Å²) < 4.78 is 26.9. The summed E-state index contributed by atoms with van der Waals surface area (Å²) in [7, 11) is -3.37. The molecule has 0 fully saturated rings. The summed E-state index contributed by atoms with van der Waals surface area (Å²) >= 11 is 3.03. The lowest BCUT2D eigenvalue weighted by molar-refractivity contribution is 0.0970. The number of benzene rings is 1. The summed E-state index contributed by atoms with van der Waals surface area (Å²) in [5, 5.41) is 2.47. The Morgan fingerprint density at radius 1 is 1.21 bits per heavy atom. The zero-order valence-electron chi connectivity index (χ0n) is 18.1. The van der Waals surface area contributed by atoms with Crippen LogP contribution < -0.4 is 9.86 Å². The lowest BCUT2D eigenvalue weighted by Crippen LogP contribution is -2.34. The normalized spacial score (nSPS) is 13.9. The molecule has 0 unspecified atom stereocenters. The van der Waals surface area contributed by atoms with Crippen LogP contribution in [0.1, 0.15) is 27.2 Å². The Hall–Kier alpha value is -2.82. The van der Waals surface area contributed by atoms with Gasteiger partial charge in [-0.2, -0.15) is 0 Å². The molecule has 5 rings (SSSR count). The Kier molecular flexibility index (Phi) is 5.46. The van der Waals surface area contributed by atoms with Crippen molar-refractivity contribution in [1.29, 1.82) is 0 Å². The molecular weight excluding hydrogens is 478 g/mol. The van der Waals surface area contributed by atoms with Crippen LogP contribution in [0.4, 0.5) is 5.69 Å². The molecule has 1 aliphatic rings. The van der Waals surface area contributed by atoms with Gasteiger partial charge in [-0.25, -0.2) is 13.4 Å². The molecule has 0 bridgehead atoms. The molecule has 0 atom stereocenters. The van der Waals surface area contributed by atoms with E-state index in [2.05, 4.69) is 4.98 Å². The lowest BCUT2D eigenvalue weighted by atomic mass is 9.99. The van der Waals surface area contributed by atoms with Crippen LogP contribution in [0.15, 0.2) is 46.8 Å². The van der Waals surface area contributed by atoms with Crippen molar-refractivity contribution >= 4 is 54.4 Å². The zero-order chi connectivity index (χ0) is 23.3. The van der Waals surface area contributed by atoms with E-state index in [0.717, 1.165) is 20.9 Å². The third kappa shape index (κ3) is 4.03. The number of carbonyl (C=O) groups excluding carboxylic acids is 1. The van der Waals surface area contributed by atoms with E-state index < -0.39 is 10.0 Å². The van der Waals surface area contributed by atoms with Crippen molar-refractivity contribution < 1.29 is 13.2 Å². The number of aryl methyl sites for hydroxylation is 2. The molecule has 3 aromatic heterocycles. The Bertz CT molecular complexity index is 1560. The van der Waals surface area contributed by atoms with Crippen molar-refractivity contribution in [2.24, 2.45) is 0 Å². The summed E-state index contributed by atoms with van der Waals surface area (Å²) in [6.45, 7) is 2.33. The molecule has 10 heteroatoms. The number of ketones is 1. The van der Waals surface area contributed by atoms with Gasteiger partial charge in [-0.05, 0) is 55.7 Å². The first-order valence-electron chi connectivity index (χ1n) is 10.4. The molecule has 0 aliphatic carbocycles. The average Bonchev–Trinajstić information content (AvgIpc) is 3.40. The maximum Gasteiger partial charge on any atom is 0.263 e. The third-order valence-corrected chi connectivity index (χ3v) is 8.86. The number of aromatic nitrogens is 2. The quantitative estimate of drug-likeness (QED) is 0.386. The van der Waals surface area contributed by atoms with Crippen molar-refractivity contribution in [1.82, 2.24) is 9.55 Å².